The first-order valence-corrected chi connectivity index (χ1v) is 49.4. The lowest BCUT2D eigenvalue weighted by Crippen LogP contribution is -2.30. The number of aliphatic hydroxyl groups excluding tert-OH is 1. The van der Waals surface area contributed by atoms with Gasteiger partial charge in [-0.15, -0.1) is 0 Å². The molecule has 3 unspecified atom stereocenters. The van der Waals surface area contributed by atoms with Gasteiger partial charge >= 0.3 is 39.5 Å². The van der Waals surface area contributed by atoms with Gasteiger partial charge in [0.25, 0.3) is 0 Å². The quantitative estimate of drug-likeness (QED) is 0.0222. The van der Waals surface area contributed by atoms with Gasteiger partial charge in [-0.05, 0) is 43.4 Å². The Bertz CT molecular complexity index is 2100. The summed E-state index contributed by atoms with van der Waals surface area (Å²) in [6.45, 7) is 12.1. The molecule has 0 radical (unpaired) electrons. The van der Waals surface area contributed by atoms with Crippen LogP contribution >= 0.6 is 15.6 Å². The second-order valence-corrected chi connectivity index (χ2v) is 36.4. The fraction of sp³-hybridized carbons (Fsp3) is 0.956. The molecule has 0 heterocycles. The molecule has 0 aromatic carbocycles. The van der Waals surface area contributed by atoms with Crippen LogP contribution in [0.5, 0.6) is 0 Å². The first-order chi connectivity index (χ1) is 52.8. The van der Waals surface area contributed by atoms with Crippen molar-refractivity contribution >= 4 is 39.5 Å². The molecule has 3 N–H and O–H groups in total. The molecule has 0 aromatic rings. The SMILES string of the molecule is CCCCCCCCCCCCCCCC(=O)OC[C@H](COP(=O)(O)OC[C@H](O)COP(=O)(O)OC[C@@H](COC(=O)CCCCCCCCCCCCCCCCCCCCC(C)C)OC(=O)CCCCCCCCCCCCCCCCCCCCC(C)CC)OC(=O)CCCCCCCCCCCCC(C)C. The van der Waals surface area contributed by atoms with E-state index >= 15 is 0 Å². The first kappa shape index (κ1) is 107. The zero-order chi connectivity index (χ0) is 80.0. The number of carbonyl (C=O) groups is 4. The molecule has 109 heavy (non-hydrogen) atoms. The smallest absolute Gasteiger partial charge is 0.462 e. The van der Waals surface area contributed by atoms with Crippen molar-refractivity contribution in [1.82, 2.24) is 0 Å². The number of unbranched alkanes of at least 4 members (excludes halogenated alkanes) is 55. The Labute approximate surface area is 670 Å². The molecule has 0 rings (SSSR count). The van der Waals surface area contributed by atoms with Crippen LogP contribution in [0, 0.1) is 17.8 Å². The zero-order valence-electron chi connectivity index (χ0n) is 72.0. The summed E-state index contributed by atoms with van der Waals surface area (Å²) in [5.74, 6) is 0.347. The molecule has 6 atom stereocenters. The summed E-state index contributed by atoms with van der Waals surface area (Å²) >= 11 is 0. The average molecular weight is 1590 g/mol. The van der Waals surface area contributed by atoms with Crippen LogP contribution in [0.1, 0.15) is 479 Å². The topological polar surface area (TPSA) is 237 Å². The van der Waals surface area contributed by atoms with E-state index in [-0.39, 0.29) is 25.7 Å². The Hall–Kier alpha value is -1.94. The van der Waals surface area contributed by atoms with Crippen molar-refractivity contribution in [1.29, 1.82) is 0 Å². The van der Waals surface area contributed by atoms with E-state index in [2.05, 4.69) is 48.5 Å². The monoisotopic (exact) mass is 1590 g/mol. The number of carbonyl (C=O) groups excluding carboxylic acids is 4. The Morgan fingerprint density at radius 3 is 0.697 bits per heavy atom. The van der Waals surface area contributed by atoms with Gasteiger partial charge in [-0.25, -0.2) is 9.13 Å². The van der Waals surface area contributed by atoms with Crippen molar-refractivity contribution in [2.45, 2.75) is 497 Å². The number of hydrogen-bond donors (Lipinski definition) is 3. The van der Waals surface area contributed by atoms with Gasteiger partial charge in [-0.1, -0.05) is 427 Å². The number of rotatable bonds is 88. The minimum absolute atomic E-state index is 0.107. The highest BCUT2D eigenvalue weighted by Crippen LogP contribution is 2.45. The van der Waals surface area contributed by atoms with E-state index < -0.39 is 97.5 Å². The molecule has 0 aliphatic heterocycles. The first-order valence-electron chi connectivity index (χ1n) is 46.4. The van der Waals surface area contributed by atoms with Crippen molar-refractivity contribution < 1.29 is 80.2 Å². The van der Waals surface area contributed by atoms with Crippen LogP contribution in [-0.4, -0.2) is 96.7 Å². The summed E-state index contributed by atoms with van der Waals surface area (Å²) in [5, 5.41) is 10.7. The van der Waals surface area contributed by atoms with Gasteiger partial charge in [0.2, 0.25) is 0 Å². The molecular weight excluding hydrogens is 1410 g/mol. The maximum Gasteiger partial charge on any atom is 0.472 e. The van der Waals surface area contributed by atoms with E-state index in [1.54, 1.807) is 0 Å². The highest BCUT2D eigenvalue weighted by atomic mass is 31.2. The molecule has 0 saturated heterocycles. The fourth-order valence-electron chi connectivity index (χ4n) is 14.0. The summed E-state index contributed by atoms with van der Waals surface area (Å²) in [4.78, 5) is 73.4. The van der Waals surface area contributed by atoms with E-state index in [4.69, 9.17) is 37.0 Å². The van der Waals surface area contributed by atoms with Gasteiger partial charge in [0.05, 0.1) is 26.4 Å². The highest BCUT2D eigenvalue weighted by Gasteiger charge is 2.31. The van der Waals surface area contributed by atoms with Crippen LogP contribution in [0.3, 0.4) is 0 Å². The second kappa shape index (κ2) is 79.9. The number of ether oxygens (including phenoxy) is 4. The van der Waals surface area contributed by atoms with Gasteiger partial charge in [-0.3, -0.25) is 37.3 Å². The Balaban J connectivity index is 5.23. The van der Waals surface area contributed by atoms with E-state index in [1.807, 2.05) is 0 Å². The van der Waals surface area contributed by atoms with Gasteiger partial charge in [-0.2, -0.15) is 0 Å². The van der Waals surface area contributed by atoms with Crippen molar-refractivity contribution in [3.8, 4) is 0 Å². The molecule has 0 aromatic heterocycles. The lowest BCUT2D eigenvalue weighted by Gasteiger charge is -2.21. The van der Waals surface area contributed by atoms with Crippen molar-refractivity contribution in [2.24, 2.45) is 17.8 Å². The third kappa shape index (κ3) is 82.4. The molecule has 0 fully saturated rings. The Morgan fingerprint density at radius 2 is 0.468 bits per heavy atom. The van der Waals surface area contributed by atoms with E-state index in [9.17, 15) is 43.2 Å². The third-order valence-corrected chi connectivity index (χ3v) is 23.4. The van der Waals surface area contributed by atoms with Crippen molar-refractivity contribution in [3.63, 3.8) is 0 Å². The Kier molecular flexibility index (Phi) is 78.5. The van der Waals surface area contributed by atoms with E-state index in [1.165, 1.54) is 289 Å². The van der Waals surface area contributed by atoms with E-state index in [0.717, 1.165) is 108 Å². The number of esters is 4. The number of phosphoric acid groups is 2. The molecule has 0 spiro atoms. The van der Waals surface area contributed by atoms with Crippen LogP contribution < -0.4 is 0 Å². The molecule has 0 aliphatic rings. The molecule has 17 nitrogen and oxygen atoms in total. The molecule has 0 aliphatic carbocycles. The lowest BCUT2D eigenvalue weighted by molar-refractivity contribution is -0.161. The number of hydrogen-bond acceptors (Lipinski definition) is 15. The molecule has 0 amide bonds. The number of phosphoric ester groups is 2. The Morgan fingerprint density at radius 1 is 0.266 bits per heavy atom. The zero-order valence-corrected chi connectivity index (χ0v) is 73.8. The normalized spacial score (nSPS) is 14.1. The standard InChI is InChI=1S/C90H176O17P2/c1-8-10-11-12-13-14-15-28-35-43-50-57-64-71-87(92)100-78-86(107-90(95)74-67-60-53-46-39-38-41-48-55-62-69-82(5)6)80-105-109(98,99)103-76-84(91)75-102-108(96,97)104-79-85(77-101-88(93)72-65-58-51-44-36-31-26-22-18-16-20-24-29-33-40-47-54-61-68-81(3)4)106-89(94)73-66-59-52-45-37-32-27-23-19-17-21-25-30-34-42-49-56-63-70-83(7)9-2/h81-86,91H,8-80H2,1-7H3,(H,96,97)(H,98,99)/t83?,84-,85-,86-/m1/s1. The van der Waals surface area contributed by atoms with Gasteiger partial charge in [0, 0.05) is 25.7 Å². The fourth-order valence-corrected chi connectivity index (χ4v) is 15.6. The maximum atomic E-state index is 13.2. The van der Waals surface area contributed by atoms with Crippen LogP contribution in [0.15, 0.2) is 0 Å². The average Bonchev–Trinajstić information content (AvgIpc) is 0.898. The van der Waals surface area contributed by atoms with Gasteiger partial charge in [0.15, 0.2) is 12.2 Å². The molecule has 648 valence electrons. The van der Waals surface area contributed by atoms with Gasteiger partial charge < -0.3 is 33.8 Å². The predicted octanol–water partition coefficient (Wildman–Crippen LogP) is 27.6. The molecule has 0 saturated carbocycles. The predicted molar refractivity (Wildman–Crippen MR) is 451 cm³/mol. The minimum atomic E-state index is -4.97. The van der Waals surface area contributed by atoms with Crippen LogP contribution in [-0.2, 0) is 65.4 Å². The van der Waals surface area contributed by atoms with Gasteiger partial charge in [0.1, 0.15) is 19.3 Å². The second-order valence-electron chi connectivity index (χ2n) is 33.5. The molecule has 19 heteroatoms. The highest BCUT2D eigenvalue weighted by molar-refractivity contribution is 7.47. The van der Waals surface area contributed by atoms with Crippen molar-refractivity contribution in [2.75, 3.05) is 39.6 Å². The largest absolute Gasteiger partial charge is 0.472 e. The molecular formula is C90H176O17P2. The summed E-state index contributed by atoms with van der Waals surface area (Å²) in [5.41, 5.74) is 0. The molecule has 0 bridgehead atoms. The summed E-state index contributed by atoms with van der Waals surface area (Å²) in [6.07, 6.45) is 72.2. The van der Waals surface area contributed by atoms with E-state index in [0.29, 0.717) is 25.7 Å². The lowest BCUT2D eigenvalue weighted by atomic mass is 9.99. The summed E-state index contributed by atoms with van der Waals surface area (Å²) < 4.78 is 69.0. The summed E-state index contributed by atoms with van der Waals surface area (Å²) in [7, 11) is -9.93. The van der Waals surface area contributed by atoms with Crippen molar-refractivity contribution in [3.05, 3.63) is 0 Å². The van der Waals surface area contributed by atoms with Crippen LogP contribution in [0.4, 0.5) is 0 Å². The minimum Gasteiger partial charge on any atom is -0.462 e. The summed E-state index contributed by atoms with van der Waals surface area (Å²) in [6, 6.07) is 0. The number of aliphatic hydroxyl groups is 1. The van der Waals surface area contributed by atoms with Crippen LogP contribution in [0.25, 0.3) is 0 Å². The van der Waals surface area contributed by atoms with Crippen LogP contribution in [0.2, 0.25) is 0 Å². The third-order valence-electron chi connectivity index (χ3n) is 21.5. The maximum absolute atomic E-state index is 13.2.